The molecule has 0 unspecified atom stereocenters. The van der Waals surface area contributed by atoms with Crippen LogP contribution in [-0.4, -0.2) is 76.2 Å². The van der Waals surface area contributed by atoms with Crippen LogP contribution in [-0.2, 0) is 11.5 Å². The summed E-state index contributed by atoms with van der Waals surface area (Å²) in [4.78, 5) is 19.1. The zero-order chi connectivity index (χ0) is 21.8. The van der Waals surface area contributed by atoms with Crippen molar-refractivity contribution in [2.24, 2.45) is 0 Å². The number of hydrogen-bond donors (Lipinski definition) is 1. The number of carbonyl (C=O) groups excluding carboxylic acids is 1. The van der Waals surface area contributed by atoms with Crippen molar-refractivity contribution < 1.29 is 4.79 Å². The minimum atomic E-state index is 0.279. The highest BCUT2D eigenvalue weighted by Gasteiger charge is 2.23. The molecule has 4 rings (SSSR count). The molecule has 0 spiro atoms. The minimum absolute atomic E-state index is 0.279. The van der Waals surface area contributed by atoms with E-state index in [0.717, 1.165) is 77.5 Å². The molecule has 2 aliphatic heterocycles. The van der Waals surface area contributed by atoms with Crippen LogP contribution >= 0.6 is 35.2 Å². The van der Waals surface area contributed by atoms with Gasteiger partial charge in [-0.3, -0.25) is 14.6 Å². The van der Waals surface area contributed by atoms with Gasteiger partial charge in [-0.1, -0.05) is 29.0 Å². The van der Waals surface area contributed by atoms with E-state index in [9.17, 15) is 4.79 Å². The molecule has 1 aromatic heterocycles. The Morgan fingerprint density at radius 2 is 1.84 bits per heavy atom. The van der Waals surface area contributed by atoms with E-state index >= 15 is 0 Å². The van der Waals surface area contributed by atoms with E-state index in [-0.39, 0.29) is 5.91 Å². The number of piperidine rings is 1. The zero-order valence-corrected chi connectivity index (χ0v) is 20.2. The number of halogens is 1. The number of nitrogens with zero attached hydrogens (tertiary/aromatic N) is 5. The van der Waals surface area contributed by atoms with Crippen LogP contribution in [0.1, 0.15) is 24.8 Å². The second-order valence-electron chi connectivity index (χ2n) is 8.24. The average molecular weight is 481 g/mol. The lowest BCUT2D eigenvalue weighted by molar-refractivity contribution is -0.133. The summed E-state index contributed by atoms with van der Waals surface area (Å²) in [5.41, 5.74) is 1.95. The van der Waals surface area contributed by atoms with E-state index < -0.39 is 0 Å². The van der Waals surface area contributed by atoms with Crippen molar-refractivity contribution in [1.82, 2.24) is 24.5 Å². The summed E-state index contributed by atoms with van der Waals surface area (Å²) in [7, 11) is 0. The van der Waals surface area contributed by atoms with Gasteiger partial charge in [-0.05, 0) is 56.1 Å². The van der Waals surface area contributed by atoms with Crippen LogP contribution in [0.3, 0.4) is 0 Å². The fourth-order valence-corrected chi connectivity index (χ4v) is 5.15. The molecule has 0 aliphatic carbocycles. The van der Waals surface area contributed by atoms with Crippen LogP contribution in [0.5, 0.6) is 0 Å². The topological polar surface area (TPSA) is 56.6 Å². The van der Waals surface area contributed by atoms with Gasteiger partial charge in [-0.25, -0.2) is 4.68 Å². The summed E-state index contributed by atoms with van der Waals surface area (Å²) in [5.74, 6) is 0.279. The zero-order valence-electron chi connectivity index (χ0n) is 17.8. The molecule has 31 heavy (non-hydrogen) atoms. The summed E-state index contributed by atoms with van der Waals surface area (Å²) in [6.45, 7) is 8.63. The number of aryl methyl sites for hydroxylation is 1. The molecule has 168 valence electrons. The predicted octanol–water partition coefficient (Wildman–Crippen LogP) is 3.97. The van der Waals surface area contributed by atoms with Gasteiger partial charge in [0.15, 0.2) is 3.95 Å². The number of rotatable bonds is 6. The molecule has 0 bridgehead atoms. The maximum Gasteiger partial charge on any atom is 0.236 e. The Hall–Kier alpha value is -1.52. The second kappa shape index (κ2) is 10.4. The number of nitrogens with one attached hydrogen (secondary N) is 1. The fraction of sp³-hybridized carbons (Fsp3) is 0.571. The van der Waals surface area contributed by atoms with Crippen molar-refractivity contribution >= 4 is 51.9 Å². The first kappa shape index (κ1) is 22.7. The SMILES string of the molecule is Cc1ccc(Nc2nn(CN3CCN(CC(=O)N4CCCCC4)CC3)c(=S)s2)cc1Cl. The molecule has 7 nitrogen and oxygen atoms in total. The monoisotopic (exact) mass is 480 g/mol. The minimum Gasteiger partial charge on any atom is -0.342 e. The quantitative estimate of drug-likeness (QED) is 0.631. The van der Waals surface area contributed by atoms with E-state index in [4.69, 9.17) is 23.8 Å². The van der Waals surface area contributed by atoms with Gasteiger partial charge in [0.2, 0.25) is 11.0 Å². The largest absolute Gasteiger partial charge is 0.342 e. The van der Waals surface area contributed by atoms with Gasteiger partial charge in [0, 0.05) is 50.0 Å². The average Bonchev–Trinajstić information content (AvgIpc) is 3.11. The highest BCUT2D eigenvalue weighted by atomic mass is 35.5. The molecule has 3 heterocycles. The van der Waals surface area contributed by atoms with Gasteiger partial charge in [-0.15, -0.1) is 5.10 Å². The maximum atomic E-state index is 12.5. The van der Waals surface area contributed by atoms with Gasteiger partial charge in [0.1, 0.15) is 0 Å². The highest BCUT2D eigenvalue weighted by Crippen LogP contribution is 2.25. The third-order valence-corrected chi connectivity index (χ3v) is 7.53. The van der Waals surface area contributed by atoms with Gasteiger partial charge < -0.3 is 10.2 Å². The second-order valence-corrected chi connectivity index (χ2v) is 10.3. The number of anilines is 2. The van der Waals surface area contributed by atoms with Crippen LogP contribution in [0.25, 0.3) is 0 Å². The molecule has 10 heteroatoms. The van der Waals surface area contributed by atoms with Gasteiger partial charge in [0.25, 0.3) is 0 Å². The van der Waals surface area contributed by atoms with Crippen molar-refractivity contribution in [3.8, 4) is 0 Å². The number of carbonyl (C=O) groups is 1. The molecule has 1 aromatic carbocycles. The highest BCUT2D eigenvalue weighted by molar-refractivity contribution is 7.73. The van der Waals surface area contributed by atoms with E-state index in [2.05, 4.69) is 20.2 Å². The number of piperazine rings is 1. The van der Waals surface area contributed by atoms with Crippen molar-refractivity contribution in [3.05, 3.63) is 32.7 Å². The van der Waals surface area contributed by atoms with Crippen LogP contribution < -0.4 is 5.32 Å². The lowest BCUT2D eigenvalue weighted by Crippen LogP contribution is -2.50. The molecule has 0 radical (unpaired) electrons. The number of amides is 1. The first-order valence-electron chi connectivity index (χ1n) is 10.8. The van der Waals surface area contributed by atoms with Crippen LogP contribution in [0.4, 0.5) is 10.8 Å². The Morgan fingerprint density at radius 3 is 2.55 bits per heavy atom. The van der Waals surface area contributed by atoms with Gasteiger partial charge >= 0.3 is 0 Å². The van der Waals surface area contributed by atoms with E-state index in [1.807, 2.05) is 34.7 Å². The first-order valence-corrected chi connectivity index (χ1v) is 12.4. The normalized spacial score (nSPS) is 18.3. The number of hydrogen-bond acceptors (Lipinski definition) is 7. The number of aromatic nitrogens is 2. The van der Waals surface area contributed by atoms with Crippen LogP contribution in [0, 0.1) is 10.9 Å². The van der Waals surface area contributed by atoms with E-state index in [0.29, 0.717) is 13.2 Å². The molecule has 2 aromatic rings. The molecule has 0 saturated carbocycles. The summed E-state index contributed by atoms with van der Waals surface area (Å²) in [6, 6.07) is 5.87. The van der Waals surface area contributed by atoms with Crippen LogP contribution in [0.2, 0.25) is 5.02 Å². The van der Waals surface area contributed by atoms with E-state index in [1.165, 1.54) is 17.8 Å². The number of likely N-dealkylation sites (tertiary alicyclic amines) is 1. The Kier molecular flexibility index (Phi) is 7.60. The van der Waals surface area contributed by atoms with Crippen molar-refractivity contribution in [1.29, 1.82) is 0 Å². The molecular weight excluding hydrogens is 452 g/mol. The van der Waals surface area contributed by atoms with E-state index in [1.54, 1.807) is 0 Å². The maximum absolute atomic E-state index is 12.5. The lowest BCUT2D eigenvalue weighted by Gasteiger charge is -2.35. The Balaban J connectivity index is 1.27. The molecule has 1 amide bonds. The first-order chi connectivity index (χ1) is 15.0. The summed E-state index contributed by atoms with van der Waals surface area (Å²) >= 11 is 13.2. The molecule has 0 atom stereocenters. The fourth-order valence-electron chi connectivity index (χ4n) is 3.95. The van der Waals surface area contributed by atoms with Crippen molar-refractivity contribution in [2.45, 2.75) is 32.9 Å². The summed E-state index contributed by atoms with van der Waals surface area (Å²) in [5, 5.41) is 9.42. The number of benzene rings is 1. The third-order valence-electron chi connectivity index (χ3n) is 5.90. The standard InChI is InChI=1S/C21H29ClN6OS2/c1-16-5-6-17(13-18(16)22)23-20-24-28(21(30)31-20)15-26-11-9-25(10-12-26)14-19(29)27-7-3-2-4-8-27/h5-6,13H,2-4,7-12,14-15H2,1H3,(H,23,24). The molecule has 2 aliphatic rings. The Labute approximate surface area is 197 Å². The van der Waals surface area contributed by atoms with Crippen molar-refractivity contribution in [2.75, 3.05) is 51.1 Å². The lowest BCUT2D eigenvalue weighted by atomic mass is 10.1. The summed E-state index contributed by atoms with van der Waals surface area (Å²) in [6.07, 6.45) is 3.53. The third kappa shape index (κ3) is 6.04. The van der Waals surface area contributed by atoms with Gasteiger partial charge in [-0.2, -0.15) is 0 Å². The molecule has 2 fully saturated rings. The Morgan fingerprint density at radius 1 is 1.13 bits per heavy atom. The molecule has 1 N–H and O–H groups in total. The Bertz CT molecular complexity index is 963. The van der Waals surface area contributed by atoms with Crippen molar-refractivity contribution in [3.63, 3.8) is 0 Å². The van der Waals surface area contributed by atoms with Crippen LogP contribution in [0.15, 0.2) is 18.2 Å². The molecule has 2 saturated heterocycles. The van der Waals surface area contributed by atoms with Gasteiger partial charge in [0.05, 0.1) is 13.2 Å². The smallest absolute Gasteiger partial charge is 0.236 e. The summed E-state index contributed by atoms with van der Waals surface area (Å²) < 4.78 is 2.61. The predicted molar refractivity (Wildman–Crippen MR) is 129 cm³/mol. The molecular formula is C21H29ClN6OS2.